The van der Waals surface area contributed by atoms with Gasteiger partial charge in [0.05, 0.1) is 11.0 Å². The van der Waals surface area contributed by atoms with Gasteiger partial charge in [0, 0.05) is 25.0 Å². The second-order valence-corrected chi connectivity index (χ2v) is 7.63. The van der Waals surface area contributed by atoms with Crippen LogP contribution in [-0.4, -0.2) is 58.5 Å². The van der Waals surface area contributed by atoms with E-state index in [2.05, 4.69) is 43.5 Å². The Balaban J connectivity index is 1.79. The second-order valence-electron chi connectivity index (χ2n) is 7.63. The van der Waals surface area contributed by atoms with Crippen molar-refractivity contribution in [2.24, 2.45) is 0 Å². The third kappa shape index (κ3) is 3.87. The van der Waals surface area contributed by atoms with Crippen LogP contribution in [0.15, 0.2) is 24.3 Å². The highest BCUT2D eigenvalue weighted by Gasteiger charge is 2.23. The van der Waals surface area contributed by atoms with Gasteiger partial charge in [0.1, 0.15) is 12.4 Å². The van der Waals surface area contributed by atoms with Crippen molar-refractivity contribution in [1.82, 2.24) is 19.4 Å². The van der Waals surface area contributed by atoms with Crippen molar-refractivity contribution in [2.75, 3.05) is 27.2 Å². The van der Waals surface area contributed by atoms with E-state index in [1.165, 1.54) is 6.42 Å². The summed E-state index contributed by atoms with van der Waals surface area (Å²) >= 11 is 0. The maximum atomic E-state index is 13.0. The maximum Gasteiger partial charge on any atom is 0.242 e. The first-order chi connectivity index (χ1) is 12.0. The van der Waals surface area contributed by atoms with Crippen LogP contribution in [-0.2, 0) is 11.3 Å². The lowest BCUT2D eigenvalue weighted by molar-refractivity contribution is -0.131. The Bertz CT molecular complexity index is 734. The number of amides is 1. The molecule has 1 aliphatic rings. The fraction of sp³-hybridized carbons (Fsp3) is 0.600. The highest BCUT2D eigenvalue weighted by molar-refractivity contribution is 5.81. The number of benzene rings is 1. The van der Waals surface area contributed by atoms with Gasteiger partial charge >= 0.3 is 0 Å². The molecule has 0 N–H and O–H groups in total. The number of imidazole rings is 1. The Kier molecular flexibility index (Phi) is 5.42. The molecule has 1 aromatic heterocycles. The first kappa shape index (κ1) is 17.9. The Hall–Kier alpha value is -1.88. The molecule has 1 fully saturated rings. The molecule has 1 aromatic carbocycles. The Morgan fingerprint density at radius 3 is 2.72 bits per heavy atom. The lowest BCUT2D eigenvalue weighted by Crippen LogP contribution is -2.36. The van der Waals surface area contributed by atoms with Crippen LogP contribution in [0.2, 0.25) is 0 Å². The molecule has 0 saturated carbocycles. The van der Waals surface area contributed by atoms with Crippen molar-refractivity contribution in [3.63, 3.8) is 0 Å². The third-order valence-corrected chi connectivity index (χ3v) is 5.27. The monoisotopic (exact) mass is 342 g/mol. The molecule has 1 amide bonds. The second kappa shape index (κ2) is 7.56. The summed E-state index contributed by atoms with van der Waals surface area (Å²) in [5.74, 6) is 1.50. The fourth-order valence-electron chi connectivity index (χ4n) is 3.78. The summed E-state index contributed by atoms with van der Waals surface area (Å²) < 4.78 is 2.11. The van der Waals surface area contributed by atoms with E-state index < -0.39 is 0 Å². The highest BCUT2D eigenvalue weighted by atomic mass is 16.2. The number of para-hydroxylation sites is 2. The van der Waals surface area contributed by atoms with E-state index in [0.717, 1.165) is 42.8 Å². The first-order valence-corrected chi connectivity index (χ1v) is 9.36. The zero-order valence-electron chi connectivity index (χ0n) is 15.9. The summed E-state index contributed by atoms with van der Waals surface area (Å²) in [5.41, 5.74) is 2.03. The van der Waals surface area contributed by atoms with Crippen molar-refractivity contribution in [3.05, 3.63) is 30.1 Å². The van der Waals surface area contributed by atoms with E-state index in [9.17, 15) is 4.79 Å². The predicted octanol–water partition coefficient (Wildman–Crippen LogP) is 3.10. The Morgan fingerprint density at radius 2 is 2.00 bits per heavy atom. The molecule has 1 atom stereocenters. The van der Waals surface area contributed by atoms with Crippen molar-refractivity contribution < 1.29 is 4.79 Å². The zero-order valence-corrected chi connectivity index (χ0v) is 15.9. The predicted molar refractivity (Wildman–Crippen MR) is 102 cm³/mol. The SMILES string of the molecule is CC(C)c1nc2ccccc2n1CC(=O)N1CCC[C@@H](N(C)C)CC1. The minimum atomic E-state index is 0.212. The van der Waals surface area contributed by atoms with Gasteiger partial charge in [0.25, 0.3) is 0 Å². The number of carbonyl (C=O) groups excluding carboxylic acids is 1. The van der Waals surface area contributed by atoms with Crippen LogP contribution in [0.3, 0.4) is 0 Å². The molecule has 25 heavy (non-hydrogen) atoms. The summed E-state index contributed by atoms with van der Waals surface area (Å²) in [7, 11) is 4.27. The van der Waals surface area contributed by atoms with Crippen LogP contribution in [0, 0.1) is 0 Å². The number of hydrogen-bond acceptors (Lipinski definition) is 3. The lowest BCUT2D eigenvalue weighted by Gasteiger charge is -2.24. The molecule has 0 aliphatic carbocycles. The smallest absolute Gasteiger partial charge is 0.242 e. The lowest BCUT2D eigenvalue weighted by atomic mass is 10.1. The average molecular weight is 342 g/mol. The molecule has 5 heteroatoms. The van der Waals surface area contributed by atoms with Crippen molar-refractivity contribution in [3.8, 4) is 0 Å². The highest BCUT2D eigenvalue weighted by Crippen LogP contribution is 2.22. The van der Waals surface area contributed by atoms with Crippen LogP contribution >= 0.6 is 0 Å². The minimum Gasteiger partial charge on any atom is -0.341 e. The number of fused-ring (bicyclic) bond motifs is 1. The van der Waals surface area contributed by atoms with Crippen molar-refractivity contribution >= 4 is 16.9 Å². The fourth-order valence-corrected chi connectivity index (χ4v) is 3.78. The molecule has 136 valence electrons. The summed E-state index contributed by atoms with van der Waals surface area (Å²) in [5, 5.41) is 0. The van der Waals surface area contributed by atoms with Crippen LogP contribution < -0.4 is 0 Å². The number of rotatable bonds is 4. The Morgan fingerprint density at radius 1 is 1.24 bits per heavy atom. The topological polar surface area (TPSA) is 41.4 Å². The minimum absolute atomic E-state index is 0.212. The van der Waals surface area contributed by atoms with Crippen LogP contribution in [0.5, 0.6) is 0 Å². The van der Waals surface area contributed by atoms with Gasteiger partial charge < -0.3 is 14.4 Å². The molecule has 0 radical (unpaired) electrons. The van der Waals surface area contributed by atoms with Crippen LogP contribution in [0.4, 0.5) is 0 Å². The normalized spacial score (nSPS) is 19.0. The molecule has 1 aliphatic heterocycles. The van der Waals surface area contributed by atoms with Gasteiger partial charge in [-0.1, -0.05) is 26.0 Å². The summed E-state index contributed by atoms with van der Waals surface area (Å²) in [6.45, 7) is 6.38. The quantitative estimate of drug-likeness (QED) is 0.857. The Labute approximate surface area is 150 Å². The largest absolute Gasteiger partial charge is 0.341 e. The number of nitrogens with zero attached hydrogens (tertiary/aromatic N) is 4. The number of likely N-dealkylation sites (tertiary alicyclic amines) is 1. The molecule has 3 rings (SSSR count). The molecular weight excluding hydrogens is 312 g/mol. The number of carbonyl (C=O) groups is 1. The van der Waals surface area contributed by atoms with Gasteiger partial charge in [0.15, 0.2) is 0 Å². The van der Waals surface area contributed by atoms with Gasteiger partial charge in [-0.25, -0.2) is 4.98 Å². The van der Waals surface area contributed by atoms with Gasteiger partial charge in [-0.2, -0.15) is 0 Å². The zero-order chi connectivity index (χ0) is 18.0. The maximum absolute atomic E-state index is 13.0. The summed E-state index contributed by atoms with van der Waals surface area (Å²) in [6.07, 6.45) is 3.30. The molecule has 0 unspecified atom stereocenters. The summed E-state index contributed by atoms with van der Waals surface area (Å²) in [6, 6.07) is 8.69. The first-order valence-electron chi connectivity index (χ1n) is 9.36. The molecular formula is C20H30N4O. The average Bonchev–Trinajstić information content (AvgIpc) is 2.78. The third-order valence-electron chi connectivity index (χ3n) is 5.27. The standard InChI is InChI=1S/C20H30N4O/c1-15(2)20-21-17-9-5-6-10-18(17)24(20)14-19(25)23-12-7-8-16(11-13-23)22(3)4/h5-6,9-10,15-16H,7-8,11-14H2,1-4H3/t16-/m1/s1. The molecule has 2 aromatic rings. The van der Waals surface area contributed by atoms with Gasteiger partial charge in [0.2, 0.25) is 5.91 Å². The van der Waals surface area contributed by atoms with E-state index in [-0.39, 0.29) is 5.91 Å². The summed E-state index contributed by atoms with van der Waals surface area (Å²) in [4.78, 5) is 22.1. The number of hydrogen-bond donors (Lipinski definition) is 0. The van der Waals surface area contributed by atoms with Crippen LogP contribution in [0.1, 0.15) is 44.9 Å². The van der Waals surface area contributed by atoms with E-state index in [4.69, 9.17) is 4.98 Å². The molecule has 5 nitrogen and oxygen atoms in total. The van der Waals surface area contributed by atoms with E-state index >= 15 is 0 Å². The molecule has 0 bridgehead atoms. The van der Waals surface area contributed by atoms with E-state index in [0.29, 0.717) is 18.5 Å². The van der Waals surface area contributed by atoms with E-state index in [1.807, 2.05) is 23.1 Å². The molecule has 0 spiro atoms. The van der Waals surface area contributed by atoms with Gasteiger partial charge in [-0.05, 0) is 45.5 Å². The molecule has 1 saturated heterocycles. The molecule has 2 heterocycles. The van der Waals surface area contributed by atoms with Gasteiger partial charge in [-0.3, -0.25) is 4.79 Å². The van der Waals surface area contributed by atoms with Gasteiger partial charge in [-0.15, -0.1) is 0 Å². The van der Waals surface area contributed by atoms with Crippen LogP contribution in [0.25, 0.3) is 11.0 Å². The van der Waals surface area contributed by atoms with Crippen molar-refractivity contribution in [2.45, 2.75) is 51.6 Å². The van der Waals surface area contributed by atoms with Crippen molar-refractivity contribution in [1.29, 1.82) is 0 Å². The number of aromatic nitrogens is 2. The van der Waals surface area contributed by atoms with E-state index in [1.54, 1.807) is 0 Å².